The molecule has 0 amide bonds. The number of hydrogen-bond acceptors (Lipinski definition) is 5. The van der Waals surface area contributed by atoms with Gasteiger partial charge in [-0.15, -0.1) is 0 Å². The first-order chi connectivity index (χ1) is 11.1. The van der Waals surface area contributed by atoms with E-state index in [9.17, 15) is 5.26 Å². The molecule has 1 aliphatic carbocycles. The maximum Gasteiger partial charge on any atom is 0.0725 e. The molecule has 0 unspecified atom stereocenters. The first kappa shape index (κ1) is 17.2. The number of likely N-dealkylation sites (tertiary alicyclic amines) is 2. The number of nitriles is 1. The predicted molar refractivity (Wildman–Crippen MR) is 89.1 cm³/mol. The van der Waals surface area contributed by atoms with E-state index in [0.29, 0.717) is 18.3 Å². The van der Waals surface area contributed by atoms with E-state index in [1.807, 2.05) is 0 Å². The van der Waals surface area contributed by atoms with E-state index in [2.05, 4.69) is 22.9 Å². The van der Waals surface area contributed by atoms with Crippen molar-refractivity contribution in [2.75, 3.05) is 46.9 Å². The van der Waals surface area contributed by atoms with E-state index in [1.165, 1.54) is 0 Å². The van der Waals surface area contributed by atoms with Crippen molar-refractivity contribution in [3.8, 4) is 6.07 Å². The lowest BCUT2D eigenvalue weighted by atomic mass is 9.79. The van der Waals surface area contributed by atoms with Crippen molar-refractivity contribution in [1.82, 2.24) is 9.80 Å². The predicted octanol–water partition coefficient (Wildman–Crippen LogP) is 1.88. The van der Waals surface area contributed by atoms with Gasteiger partial charge in [0.25, 0.3) is 0 Å². The average molecular weight is 321 g/mol. The molecule has 0 radical (unpaired) electrons. The lowest BCUT2D eigenvalue weighted by Gasteiger charge is -2.42. The molecule has 0 aromatic carbocycles. The second-order valence-electron chi connectivity index (χ2n) is 7.76. The van der Waals surface area contributed by atoms with Gasteiger partial charge in [0, 0.05) is 26.7 Å². The van der Waals surface area contributed by atoms with Crippen LogP contribution in [-0.2, 0) is 9.47 Å². The fourth-order valence-corrected chi connectivity index (χ4v) is 4.08. The van der Waals surface area contributed by atoms with Crippen LogP contribution in [0.4, 0.5) is 0 Å². The summed E-state index contributed by atoms with van der Waals surface area (Å²) < 4.78 is 11.5. The third-order valence-electron chi connectivity index (χ3n) is 6.01. The molecule has 3 aliphatic rings. The summed E-state index contributed by atoms with van der Waals surface area (Å²) in [6, 6.07) is 2.64. The number of hydrogen-bond donors (Lipinski definition) is 0. The van der Waals surface area contributed by atoms with Crippen LogP contribution in [0.5, 0.6) is 0 Å². The van der Waals surface area contributed by atoms with Crippen LogP contribution in [-0.4, -0.2) is 75.0 Å². The van der Waals surface area contributed by atoms with Crippen LogP contribution in [0.1, 0.15) is 38.5 Å². The highest BCUT2D eigenvalue weighted by Gasteiger charge is 2.37. The van der Waals surface area contributed by atoms with Crippen LogP contribution in [0.15, 0.2) is 0 Å². The molecule has 0 aromatic rings. The monoisotopic (exact) mass is 321 g/mol. The van der Waals surface area contributed by atoms with E-state index in [4.69, 9.17) is 9.47 Å². The molecule has 5 nitrogen and oxygen atoms in total. The first-order valence-corrected chi connectivity index (χ1v) is 9.13. The largest absolute Gasteiger partial charge is 0.381 e. The van der Waals surface area contributed by atoms with Crippen LogP contribution < -0.4 is 0 Å². The highest BCUT2D eigenvalue weighted by Crippen LogP contribution is 2.33. The normalized spacial score (nSPS) is 33.1. The third kappa shape index (κ3) is 4.24. The second-order valence-corrected chi connectivity index (χ2v) is 7.76. The molecule has 2 saturated heterocycles. The van der Waals surface area contributed by atoms with Gasteiger partial charge in [0.2, 0.25) is 0 Å². The fraction of sp³-hybridized carbons (Fsp3) is 0.944. The van der Waals surface area contributed by atoms with Gasteiger partial charge >= 0.3 is 0 Å². The van der Waals surface area contributed by atoms with Gasteiger partial charge in [-0.25, -0.2) is 0 Å². The Kier molecular flexibility index (Phi) is 5.58. The Bertz CT molecular complexity index is 414. The second kappa shape index (κ2) is 7.48. The molecule has 0 aromatic heterocycles. The van der Waals surface area contributed by atoms with Crippen LogP contribution in [0.25, 0.3) is 0 Å². The van der Waals surface area contributed by atoms with Crippen molar-refractivity contribution in [2.24, 2.45) is 5.41 Å². The van der Waals surface area contributed by atoms with E-state index >= 15 is 0 Å². The minimum absolute atomic E-state index is 0.125. The zero-order chi connectivity index (χ0) is 16.3. The Morgan fingerprint density at radius 1 is 1.04 bits per heavy atom. The molecular formula is C18H31N3O2. The van der Waals surface area contributed by atoms with Crippen molar-refractivity contribution < 1.29 is 9.47 Å². The molecule has 3 rings (SSSR count). The van der Waals surface area contributed by atoms with Crippen molar-refractivity contribution in [3.05, 3.63) is 0 Å². The lowest BCUT2D eigenvalue weighted by Crippen LogP contribution is -2.48. The average Bonchev–Trinajstić information content (AvgIpc) is 2.54. The number of methoxy groups -OCH3 is 1. The molecule has 0 spiro atoms. The maximum absolute atomic E-state index is 9.69. The summed E-state index contributed by atoms with van der Waals surface area (Å²) in [5, 5.41) is 9.69. The van der Waals surface area contributed by atoms with E-state index in [-0.39, 0.29) is 5.41 Å². The zero-order valence-electron chi connectivity index (χ0n) is 14.7. The summed E-state index contributed by atoms with van der Waals surface area (Å²) in [6.45, 7) is 5.19. The lowest BCUT2D eigenvalue weighted by molar-refractivity contribution is -0.127. The smallest absolute Gasteiger partial charge is 0.0725 e. The van der Waals surface area contributed by atoms with Crippen LogP contribution >= 0.6 is 0 Å². The standard InChI is InChI=1S/C18H31N3O2/c1-20-9-5-18(13-19,6-10-20)14-21-7-3-15(4-8-21)23-17-11-16(12-17)22-2/h15-17H,3-12,14H2,1-2H3/t16-,17-. The van der Waals surface area contributed by atoms with Crippen LogP contribution in [0.3, 0.4) is 0 Å². The van der Waals surface area contributed by atoms with E-state index < -0.39 is 0 Å². The van der Waals surface area contributed by atoms with Crippen molar-refractivity contribution in [3.63, 3.8) is 0 Å². The quantitative estimate of drug-likeness (QED) is 0.774. The Morgan fingerprint density at radius 2 is 1.70 bits per heavy atom. The number of piperidine rings is 2. The Balaban J connectivity index is 1.40. The van der Waals surface area contributed by atoms with Crippen molar-refractivity contribution >= 4 is 0 Å². The molecule has 5 heteroatoms. The van der Waals surface area contributed by atoms with Gasteiger partial charge in [-0.3, -0.25) is 0 Å². The summed E-state index contributed by atoms with van der Waals surface area (Å²) >= 11 is 0. The molecular weight excluding hydrogens is 290 g/mol. The van der Waals surface area contributed by atoms with Crippen LogP contribution in [0.2, 0.25) is 0 Å². The summed E-state index contributed by atoms with van der Waals surface area (Å²) in [6.07, 6.45) is 7.59. The topological polar surface area (TPSA) is 48.7 Å². The van der Waals surface area contributed by atoms with Crippen molar-refractivity contribution in [1.29, 1.82) is 5.26 Å². The number of nitrogens with zero attached hydrogens (tertiary/aromatic N) is 3. The molecule has 3 fully saturated rings. The third-order valence-corrected chi connectivity index (χ3v) is 6.01. The van der Waals surface area contributed by atoms with Gasteiger partial charge in [-0.2, -0.15) is 5.26 Å². The molecule has 2 heterocycles. The van der Waals surface area contributed by atoms with E-state index in [1.54, 1.807) is 7.11 Å². The Labute approximate surface area is 140 Å². The van der Waals surface area contributed by atoms with Crippen LogP contribution in [0, 0.1) is 16.7 Å². The van der Waals surface area contributed by atoms with E-state index in [0.717, 1.165) is 71.2 Å². The fourth-order valence-electron chi connectivity index (χ4n) is 4.08. The van der Waals surface area contributed by atoms with Gasteiger partial charge in [0.15, 0.2) is 0 Å². The Morgan fingerprint density at radius 3 is 2.26 bits per heavy atom. The minimum Gasteiger partial charge on any atom is -0.381 e. The summed E-state index contributed by atoms with van der Waals surface area (Å²) in [5.74, 6) is 0. The summed E-state index contributed by atoms with van der Waals surface area (Å²) in [5.41, 5.74) is -0.125. The van der Waals surface area contributed by atoms with Gasteiger partial charge in [-0.05, 0) is 58.7 Å². The first-order valence-electron chi connectivity index (χ1n) is 9.13. The van der Waals surface area contributed by atoms with Crippen molar-refractivity contribution in [2.45, 2.75) is 56.8 Å². The molecule has 0 atom stereocenters. The highest BCUT2D eigenvalue weighted by atomic mass is 16.5. The summed E-state index contributed by atoms with van der Waals surface area (Å²) in [7, 11) is 3.94. The van der Waals surface area contributed by atoms with Gasteiger partial charge < -0.3 is 19.3 Å². The van der Waals surface area contributed by atoms with Gasteiger partial charge in [0.1, 0.15) is 0 Å². The molecule has 0 N–H and O–H groups in total. The molecule has 2 aliphatic heterocycles. The molecule has 23 heavy (non-hydrogen) atoms. The molecule has 130 valence electrons. The highest BCUT2D eigenvalue weighted by molar-refractivity contribution is 5.04. The Hall–Kier alpha value is -0.670. The SMILES string of the molecule is CO[C@H]1C[C@H](OC2CCN(CC3(C#N)CCN(C)CC3)CC2)C1. The van der Waals surface area contributed by atoms with Gasteiger partial charge in [0.05, 0.1) is 29.8 Å². The zero-order valence-corrected chi connectivity index (χ0v) is 14.7. The molecule has 0 bridgehead atoms. The number of ether oxygens (including phenoxy) is 2. The minimum atomic E-state index is -0.125. The summed E-state index contributed by atoms with van der Waals surface area (Å²) in [4.78, 5) is 4.83. The van der Waals surface area contributed by atoms with Gasteiger partial charge in [-0.1, -0.05) is 0 Å². The maximum atomic E-state index is 9.69. The number of rotatable bonds is 5. The molecule has 1 saturated carbocycles.